The number of ether oxygens (including phenoxy) is 1. The fourth-order valence-corrected chi connectivity index (χ4v) is 6.84. The Morgan fingerprint density at radius 2 is 1.71 bits per heavy atom. The van der Waals surface area contributed by atoms with E-state index in [1.807, 2.05) is 27.7 Å². The van der Waals surface area contributed by atoms with Crippen LogP contribution in [0.25, 0.3) is 0 Å². The van der Waals surface area contributed by atoms with Crippen LogP contribution in [-0.2, 0) is 19.1 Å². The number of hydrogen-bond donors (Lipinski definition) is 2. The summed E-state index contributed by atoms with van der Waals surface area (Å²) in [6.07, 6.45) is -1.34. The number of rotatable bonds is 1. The molecule has 4 rings (SSSR count). The minimum Gasteiger partial charge on any atom is -0.457 e. The van der Waals surface area contributed by atoms with E-state index in [0.717, 1.165) is 6.42 Å². The fraction of sp³-hybridized carbons (Fsp3) is 0.773. The second-order valence-corrected chi connectivity index (χ2v) is 10.3. The van der Waals surface area contributed by atoms with Crippen molar-refractivity contribution in [1.29, 1.82) is 0 Å². The number of aliphatic hydroxyl groups excluding tert-OH is 2. The molecule has 0 aromatic rings. The van der Waals surface area contributed by atoms with Crippen LogP contribution < -0.4 is 0 Å². The number of carbonyl (C=O) groups is 3. The lowest BCUT2D eigenvalue weighted by Gasteiger charge is -2.70. The third-order valence-electron chi connectivity index (χ3n) is 8.90. The first-order valence-electron chi connectivity index (χ1n) is 10.2. The van der Waals surface area contributed by atoms with Crippen LogP contribution in [0.15, 0.2) is 11.1 Å². The molecule has 0 bridgehead atoms. The Morgan fingerprint density at radius 3 is 2.29 bits per heavy atom. The summed E-state index contributed by atoms with van der Waals surface area (Å²) in [6, 6.07) is 0. The standard InChI is InChI=1S/C22H30O6/c1-9-15(24)12-13(16(9)25)19(28-10(2)23)21(5)8-7-11-14(18(27)20(11,3)4)22(21,6)17(12)26/h9,11,14-15,18-19,24,27H,7-8H2,1-6H3. The van der Waals surface area contributed by atoms with Crippen LogP contribution >= 0.6 is 0 Å². The van der Waals surface area contributed by atoms with Crippen LogP contribution in [0.3, 0.4) is 0 Å². The minimum atomic E-state index is -1.19. The zero-order chi connectivity index (χ0) is 21.0. The Bertz CT molecular complexity index is 825. The molecular weight excluding hydrogens is 360 g/mol. The molecule has 0 spiro atoms. The lowest BCUT2D eigenvalue weighted by molar-refractivity contribution is -0.264. The van der Waals surface area contributed by atoms with Crippen LogP contribution in [0.5, 0.6) is 0 Å². The van der Waals surface area contributed by atoms with Gasteiger partial charge in [0.25, 0.3) is 0 Å². The van der Waals surface area contributed by atoms with Crippen LogP contribution in [0.1, 0.15) is 54.4 Å². The Hall–Kier alpha value is -1.53. The fourth-order valence-electron chi connectivity index (χ4n) is 6.84. The van der Waals surface area contributed by atoms with Gasteiger partial charge in [0, 0.05) is 40.7 Å². The second-order valence-electron chi connectivity index (χ2n) is 10.3. The van der Waals surface area contributed by atoms with Gasteiger partial charge in [-0.2, -0.15) is 0 Å². The first-order valence-corrected chi connectivity index (χ1v) is 10.2. The van der Waals surface area contributed by atoms with E-state index in [4.69, 9.17) is 4.74 Å². The number of aliphatic hydroxyl groups is 2. The van der Waals surface area contributed by atoms with E-state index in [1.165, 1.54) is 6.92 Å². The number of esters is 1. The number of hydrogen-bond acceptors (Lipinski definition) is 6. The highest BCUT2D eigenvalue weighted by Crippen LogP contribution is 2.72. The van der Waals surface area contributed by atoms with Crippen molar-refractivity contribution in [2.75, 3.05) is 0 Å². The Morgan fingerprint density at radius 1 is 1.11 bits per heavy atom. The summed E-state index contributed by atoms with van der Waals surface area (Å²) in [5, 5.41) is 21.7. The van der Waals surface area contributed by atoms with E-state index in [9.17, 15) is 24.6 Å². The number of Topliss-reactive ketones (excluding diaryl/α,β-unsaturated/α-hetero) is 2. The molecule has 8 unspecified atom stereocenters. The van der Waals surface area contributed by atoms with Crippen molar-refractivity contribution in [2.24, 2.45) is 34.0 Å². The lowest BCUT2D eigenvalue weighted by Crippen LogP contribution is -2.74. The van der Waals surface area contributed by atoms with Crippen LogP contribution in [0.4, 0.5) is 0 Å². The van der Waals surface area contributed by atoms with Gasteiger partial charge in [-0.05, 0) is 24.2 Å². The normalized spacial score (nSPS) is 49.1. The molecule has 6 nitrogen and oxygen atoms in total. The summed E-state index contributed by atoms with van der Waals surface area (Å²) in [4.78, 5) is 38.7. The van der Waals surface area contributed by atoms with Gasteiger partial charge in [0.15, 0.2) is 11.6 Å². The van der Waals surface area contributed by atoms with E-state index in [2.05, 4.69) is 0 Å². The van der Waals surface area contributed by atoms with Crippen molar-refractivity contribution >= 4 is 17.5 Å². The predicted molar refractivity (Wildman–Crippen MR) is 100.0 cm³/mol. The highest BCUT2D eigenvalue weighted by atomic mass is 16.5. The average molecular weight is 390 g/mol. The lowest BCUT2D eigenvalue weighted by atomic mass is 9.34. The maximum Gasteiger partial charge on any atom is 0.303 e. The molecule has 2 N–H and O–H groups in total. The topological polar surface area (TPSA) is 101 Å². The minimum absolute atomic E-state index is 0.0984. The quantitative estimate of drug-likeness (QED) is 0.663. The molecule has 0 saturated heterocycles. The third-order valence-corrected chi connectivity index (χ3v) is 8.90. The summed E-state index contributed by atoms with van der Waals surface area (Å²) in [5.74, 6) is -1.97. The van der Waals surface area contributed by atoms with Crippen molar-refractivity contribution in [2.45, 2.75) is 72.7 Å². The summed E-state index contributed by atoms with van der Waals surface area (Å²) < 4.78 is 5.69. The SMILES string of the molecule is CC(=O)OC1C2=C(C(=O)C3(C)C4C(O)C(C)(C)C4CCC13C)C(O)C(C)C2=O. The molecule has 28 heavy (non-hydrogen) atoms. The van der Waals surface area contributed by atoms with Crippen molar-refractivity contribution in [3.63, 3.8) is 0 Å². The number of carbonyl (C=O) groups excluding carboxylic acids is 3. The van der Waals surface area contributed by atoms with Gasteiger partial charge in [-0.15, -0.1) is 0 Å². The maximum atomic E-state index is 13.8. The highest BCUT2D eigenvalue weighted by molar-refractivity contribution is 6.16. The number of ketones is 2. The Balaban J connectivity index is 1.94. The van der Waals surface area contributed by atoms with Gasteiger partial charge >= 0.3 is 5.97 Å². The highest BCUT2D eigenvalue weighted by Gasteiger charge is 2.75. The molecule has 2 fully saturated rings. The molecule has 0 heterocycles. The summed E-state index contributed by atoms with van der Waals surface area (Å²) in [6.45, 7) is 10.7. The average Bonchev–Trinajstić information content (AvgIpc) is 2.83. The van der Waals surface area contributed by atoms with E-state index in [1.54, 1.807) is 6.92 Å². The van der Waals surface area contributed by atoms with Crippen molar-refractivity contribution in [1.82, 2.24) is 0 Å². The molecule has 4 aliphatic carbocycles. The largest absolute Gasteiger partial charge is 0.457 e. The van der Waals surface area contributed by atoms with Crippen molar-refractivity contribution < 1.29 is 29.3 Å². The first-order chi connectivity index (χ1) is 12.8. The second kappa shape index (κ2) is 5.54. The Labute approximate surface area is 165 Å². The zero-order valence-corrected chi connectivity index (χ0v) is 17.4. The molecule has 0 radical (unpaired) electrons. The number of fused-ring (bicyclic) bond motifs is 3. The van der Waals surface area contributed by atoms with E-state index >= 15 is 0 Å². The summed E-state index contributed by atoms with van der Waals surface area (Å²) in [5.41, 5.74) is -1.85. The molecular formula is C22H30O6. The van der Waals surface area contributed by atoms with Crippen LogP contribution in [0, 0.1) is 34.0 Å². The summed E-state index contributed by atoms with van der Waals surface area (Å²) in [7, 11) is 0. The molecule has 154 valence electrons. The molecule has 6 heteroatoms. The van der Waals surface area contributed by atoms with Gasteiger partial charge in [0.2, 0.25) is 0 Å². The van der Waals surface area contributed by atoms with Gasteiger partial charge in [0.1, 0.15) is 6.10 Å². The maximum absolute atomic E-state index is 13.8. The van der Waals surface area contributed by atoms with E-state index in [-0.39, 0.29) is 40.0 Å². The van der Waals surface area contributed by atoms with Crippen molar-refractivity contribution in [3.8, 4) is 0 Å². The van der Waals surface area contributed by atoms with Crippen LogP contribution in [0.2, 0.25) is 0 Å². The first kappa shape index (κ1) is 19.8. The van der Waals surface area contributed by atoms with E-state index in [0.29, 0.717) is 6.42 Å². The molecule has 8 atom stereocenters. The van der Waals surface area contributed by atoms with Gasteiger partial charge in [0.05, 0.1) is 12.2 Å². The third kappa shape index (κ3) is 1.93. The molecule has 0 amide bonds. The summed E-state index contributed by atoms with van der Waals surface area (Å²) >= 11 is 0. The predicted octanol–water partition coefficient (Wildman–Crippen LogP) is 1.82. The molecule has 0 aromatic heterocycles. The van der Waals surface area contributed by atoms with Gasteiger partial charge in [-0.25, -0.2) is 0 Å². The van der Waals surface area contributed by atoms with Gasteiger partial charge in [-0.1, -0.05) is 34.6 Å². The smallest absolute Gasteiger partial charge is 0.303 e. The molecule has 0 aromatic carbocycles. The Kier molecular flexibility index (Phi) is 3.91. The monoisotopic (exact) mass is 390 g/mol. The van der Waals surface area contributed by atoms with E-state index < -0.39 is 41.0 Å². The zero-order valence-electron chi connectivity index (χ0n) is 17.4. The van der Waals surface area contributed by atoms with Gasteiger partial charge < -0.3 is 14.9 Å². The molecule has 2 saturated carbocycles. The van der Waals surface area contributed by atoms with Gasteiger partial charge in [-0.3, -0.25) is 14.4 Å². The van der Waals surface area contributed by atoms with Crippen molar-refractivity contribution in [3.05, 3.63) is 11.1 Å². The van der Waals surface area contributed by atoms with Crippen LogP contribution in [-0.4, -0.2) is 46.1 Å². The molecule has 0 aliphatic heterocycles. The molecule has 4 aliphatic rings.